The molecule has 2 aromatic rings. The van der Waals surface area contributed by atoms with Crippen LogP contribution >= 0.6 is 11.8 Å². The Balaban J connectivity index is 1.81. The first-order chi connectivity index (χ1) is 12.7. The number of ether oxygens (including phenoxy) is 1. The van der Waals surface area contributed by atoms with Crippen molar-refractivity contribution >= 4 is 16.9 Å². The molecule has 0 saturated heterocycles. The third-order valence-electron chi connectivity index (χ3n) is 4.31. The van der Waals surface area contributed by atoms with Crippen molar-refractivity contribution in [3.05, 3.63) is 59.7 Å². The average Bonchev–Trinajstić information content (AvgIpc) is 2.68. The maximum absolute atomic E-state index is 12.4. The van der Waals surface area contributed by atoms with Crippen LogP contribution in [0, 0.1) is 0 Å². The van der Waals surface area contributed by atoms with Crippen LogP contribution in [-0.4, -0.2) is 11.7 Å². The molecule has 140 valence electrons. The zero-order valence-electron chi connectivity index (χ0n) is 16.0. The van der Waals surface area contributed by atoms with Crippen molar-refractivity contribution in [3.8, 4) is 5.75 Å². The predicted octanol–water partition coefficient (Wildman–Crippen LogP) is 6.92. The number of hydrogen-bond acceptors (Lipinski definition) is 3. The Morgan fingerprint density at radius 3 is 2.19 bits per heavy atom. The molecule has 0 radical (unpaired) electrons. The third-order valence-corrected chi connectivity index (χ3v) is 5.24. The lowest BCUT2D eigenvalue weighted by Gasteiger charge is -2.07. The Morgan fingerprint density at radius 2 is 1.54 bits per heavy atom. The first kappa shape index (κ1) is 20.6. The highest BCUT2D eigenvalue weighted by Crippen LogP contribution is 2.25. The standard InChI is InChI=1S/C23H30O2S/c1-3-5-7-8-18-25-21-14-12-20(13-15-21)23(24)26-22-16-10-19(11-17-22)9-6-4-2/h10-17H,3-9,18H2,1-2H3. The largest absolute Gasteiger partial charge is 0.494 e. The van der Waals surface area contributed by atoms with E-state index in [1.165, 1.54) is 49.4 Å². The van der Waals surface area contributed by atoms with Crippen LogP contribution in [0.4, 0.5) is 0 Å². The number of unbranched alkanes of at least 4 members (excludes halogenated alkanes) is 4. The number of aryl methyl sites for hydroxylation is 1. The van der Waals surface area contributed by atoms with Gasteiger partial charge in [0.25, 0.3) is 0 Å². The van der Waals surface area contributed by atoms with Crippen LogP contribution in [0.15, 0.2) is 53.4 Å². The summed E-state index contributed by atoms with van der Waals surface area (Å²) in [5.74, 6) is 0.836. The molecule has 0 unspecified atom stereocenters. The van der Waals surface area contributed by atoms with Crippen molar-refractivity contribution in [2.45, 2.75) is 63.7 Å². The Hall–Kier alpha value is -1.74. The van der Waals surface area contributed by atoms with Crippen molar-refractivity contribution < 1.29 is 9.53 Å². The van der Waals surface area contributed by atoms with Gasteiger partial charge in [-0.05, 0) is 73.0 Å². The second-order valence-corrected chi connectivity index (χ2v) is 7.62. The normalized spacial score (nSPS) is 10.7. The molecule has 0 spiro atoms. The van der Waals surface area contributed by atoms with Crippen LogP contribution in [0.25, 0.3) is 0 Å². The van der Waals surface area contributed by atoms with Gasteiger partial charge >= 0.3 is 0 Å². The highest BCUT2D eigenvalue weighted by molar-refractivity contribution is 8.14. The fourth-order valence-corrected chi connectivity index (χ4v) is 3.42. The van der Waals surface area contributed by atoms with Crippen molar-refractivity contribution in [2.75, 3.05) is 6.61 Å². The fraction of sp³-hybridized carbons (Fsp3) is 0.435. The van der Waals surface area contributed by atoms with Crippen LogP contribution in [-0.2, 0) is 6.42 Å². The second-order valence-electron chi connectivity index (χ2n) is 6.57. The quantitative estimate of drug-likeness (QED) is 0.317. The van der Waals surface area contributed by atoms with E-state index in [0.717, 1.165) is 30.1 Å². The van der Waals surface area contributed by atoms with Gasteiger partial charge in [-0.3, -0.25) is 4.79 Å². The summed E-state index contributed by atoms with van der Waals surface area (Å²) in [5.41, 5.74) is 2.05. The van der Waals surface area contributed by atoms with Crippen molar-refractivity contribution in [3.63, 3.8) is 0 Å². The van der Waals surface area contributed by atoms with E-state index in [0.29, 0.717) is 5.56 Å². The molecular weight excluding hydrogens is 340 g/mol. The maximum Gasteiger partial charge on any atom is 0.224 e. The molecule has 2 rings (SSSR count). The van der Waals surface area contributed by atoms with Crippen LogP contribution in [0.5, 0.6) is 5.75 Å². The molecule has 26 heavy (non-hydrogen) atoms. The lowest BCUT2D eigenvalue weighted by molar-refractivity contribution is 0.108. The van der Waals surface area contributed by atoms with Crippen LogP contribution in [0.3, 0.4) is 0 Å². The number of thioether (sulfide) groups is 1. The number of rotatable bonds is 11. The summed E-state index contributed by atoms with van der Waals surface area (Å²) in [7, 11) is 0. The van der Waals surface area contributed by atoms with Crippen molar-refractivity contribution in [2.24, 2.45) is 0 Å². The molecule has 0 aliphatic carbocycles. The van der Waals surface area contributed by atoms with E-state index in [9.17, 15) is 4.79 Å². The molecule has 0 amide bonds. The Bertz CT molecular complexity index is 647. The number of benzene rings is 2. The van der Waals surface area contributed by atoms with Gasteiger partial charge in [-0.2, -0.15) is 0 Å². The molecule has 2 aromatic carbocycles. The van der Waals surface area contributed by atoms with E-state index < -0.39 is 0 Å². The summed E-state index contributed by atoms with van der Waals surface area (Å²) in [6.45, 7) is 5.15. The Labute approximate surface area is 162 Å². The zero-order valence-corrected chi connectivity index (χ0v) is 16.8. The molecule has 0 aromatic heterocycles. The van der Waals surface area contributed by atoms with E-state index in [4.69, 9.17) is 4.74 Å². The lowest BCUT2D eigenvalue weighted by atomic mass is 10.1. The van der Waals surface area contributed by atoms with E-state index in [2.05, 4.69) is 26.0 Å². The van der Waals surface area contributed by atoms with E-state index in [-0.39, 0.29) is 5.12 Å². The molecule has 0 N–H and O–H groups in total. The summed E-state index contributed by atoms with van der Waals surface area (Å²) in [5, 5.41) is 0.0702. The summed E-state index contributed by atoms with van der Waals surface area (Å²) >= 11 is 1.28. The monoisotopic (exact) mass is 370 g/mol. The minimum absolute atomic E-state index is 0.0702. The molecular formula is C23H30O2S. The average molecular weight is 371 g/mol. The van der Waals surface area contributed by atoms with Crippen molar-refractivity contribution in [1.29, 1.82) is 0 Å². The van der Waals surface area contributed by atoms with Gasteiger partial charge in [0.2, 0.25) is 5.12 Å². The van der Waals surface area contributed by atoms with Gasteiger partial charge in [-0.1, -0.05) is 51.7 Å². The minimum atomic E-state index is 0.0702. The topological polar surface area (TPSA) is 26.3 Å². The SMILES string of the molecule is CCCCCCOc1ccc(C(=O)Sc2ccc(CCCC)cc2)cc1. The second kappa shape index (κ2) is 11.8. The summed E-state index contributed by atoms with van der Waals surface area (Å²) in [6, 6.07) is 15.8. The molecule has 0 bridgehead atoms. The molecule has 3 heteroatoms. The minimum Gasteiger partial charge on any atom is -0.494 e. The first-order valence-electron chi connectivity index (χ1n) is 9.77. The van der Waals surface area contributed by atoms with Gasteiger partial charge in [0.15, 0.2) is 0 Å². The molecule has 0 aliphatic heterocycles. The van der Waals surface area contributed by atoms with Crippen molar-refractivity contribution in [1.82, 2.24) is 0 Å². The van der Waals surface area contributed by atoms with Crippen LogP contribution in [0.2, 0.25) is 0 Å². The predicted molar refractivity (Wildman–Crippen MR) is 111 cm³/mol. The smallest absolute Gasteiger partial charge is 0.224 e. The third kappa shape index (κ3) is 7.25. The van der Waals surface area contributed by atoms with Gasteiger partial charge in [0.05, 0.1) is 6.61 Å². The number of carbonyl (C=O) groups is 1. The fourth-order valence-electron chi connectivity index (χ4n) is 2.68. The zero-order chi connectivity index (χ0) is 18.6. The van der Waals surface area contributed by atoms with E-state index >= 15 is 0 Å². The number of carbonyl (C=O) groups excluding carboxylic acids is 1. The number of hydrogen-bond donors (Lipinski definition) is 0. The molecule has 0 fully saturated rings. The van der Waals surface area contributed by atoms with Crippen LogP contribution < -0.4 is 4.74 Å². The van der Waals surface area contributed by atoms with Gasteiger partial charge in [-0.15, -0.1) is 0 Å². The maximum atomic E-state index is 12.4. The van der Waals surface area contributed by atoms with Crippen LogP contribution in [0.1, 0.15) is 68.3 Å². The summed E-state index contributed by atoms with van der Waals surface area (Å²) in [6.07, 6.45) is 8.30. The molecule has 2 nitrogen and oxygen atoms in total. The van der Waals surface area contributed by atoms with Gasteiger partial charge in [0.1, 0.15) is 5.75 Å². The Kier molecular flexibility index (Phi) is 9.33. The van der Waals surface area contributed by atoms with E-state index in [1.807, 2.05) is 36.4 Å². The summed E-state index contributed by atoms with van der Waals surface area (Å²) in [4.78, 5) is 13.4. The molecule has 0 saturated carbocycles. The summed E-state index contributed by atoms with van der Waals surface area (Å²) < 4.78 is 5.73. The highest BCUT2D eigenvalue weighted by atomic mass is 32.2. The lowest BCUT2D eigenvalue weighted by Crippen LogP contribution is -1.98. The highest BCUT2D eigenvalue weighted by Gasteiger charge is 2.08. The van der Waals surface area contributed by atoms with E-state index in [1.54, 1.807) is 0 Å². The molecule has 0 heterocycles. The Morgan fingerprint density at radius 1 is 0.846 bits per heavy atom. The van der Waals surface area contributed by atoms with Gasteiger partial charge in [-0.25, -0.2) is 0 Å². The molecule has 0 atom stereocenters. The molecule has 0 aliphatic rings. The first-order valence-corrected chi connectivity index (χ1v) is 10.6. The van der Waals surface area contributed by atoms with Gasteiger partial charge in [0, 0.05) is 10.5 Å². The van der Waals surface area contributed by atoms with Gasteiger partial charge < -0.3 is 4.74 Å².